The van der Waals surface area contributed by atoms with E-state index in [1.165, 1.54) is 24.3 Å². The number of nitrogens with one attached hydrogen (secondary N) is 2. The fourth-order valence-electron chi connectivity index (χ4n) is 5.38. The summed E-state index contributed by atoms with van der Waals surface area (Å²) in [5.74, 6) is -0.836. The fourth-order valence-corrected chi connectivity index (χ4v) is 5.38. The summed E-state index contributed by atoms with van der Waals surface area (Å²) in [4.78, 5) is 26.8. The molecule has 0 unspecified atom stereocenters. The van der Waals surface area contributed by atoms with E-state index < -0.39 is 6.09 Å². The van der Waals surface area contributed by atoms with E-state index in [9.17, 15) is 18.4 Å². The molecule has 1 aliphatic heterocycles. The van der Waals surface area contributed by atoms with Crippen LogP contribution in [0.1, 0.15) is 22.3 Å². The zero-order valence-corrected chi connectivity index (χ0v) is 22.4. The van der Waals surface area contributed by atoms with E-state index in [1.807, 2.05) is 24.3 Å². The first-order valence-electron chi connectivity index (χ1n) is 13.5. The van der Waals surface area contributed by atoms with Crippen LogP contribution in [0.25, 0.3) is 22.3 Å². The molecule has 41 heavy (non-hydrogen) atoms. The van der Waals surface area contributed by atoms with Gasteiger partial charge in [0.25, 0.3) is 5.91 Å². The van der Waals surface area contributed by atoms with E-state index >= 15 is 0 Å². The van der Waals surface area contributed by atoms with Gasteiger partial charge < -0.3 is 15.7 Å². The predicted octanol–water partition coefficient (Wildman–Crippen LogP) is 6.19. The zero-order chi connectivity index (χ0) is 28.8. The Labute approximate surface area is 237 Å². The molecule has 0 spiro atoms. The van der Waals surface area contributed by atoms with Crippen molar-refractivity contribution in [2.24, 2.45) is 5.92 Å². The third kappa shape index (κ3) is 7.35. The summed E-state index contributed by atoms with van der Waals surface area (Å²) in [7, 11) is 0. The molecule has 5 rings (SSSR count). The third-order valence-corrected chi connectivity index (χ3v) is 7.43. The van der Waals surface area contributed by atoms with Crippen molar-refractivity contribution in [3.05, 3.63) is 120 Å². The topological polar surface area (TPSA) is 81.7 Å². The smallest absolute Gasteiger partial charge is 0.404 e. The SMILES string of the molecule is O=C(O)NC[C@@H]1C[C@@H](CNC(=O)c2cc(-c3ccc(F)cc3)cc(-c3ccc(F)cc3)c2)N(Cc2ccccc2)C1. The van der Waals surface area contributed by atoms with E-state index in [1.54, 1.807) is 36.4 Å². The number of hydrogen-bond donors (Lipinski definition) is 3. The fraction of sp³-hybridized carbons (Fsp3) is 0.212. The molecule has 4 aromatic carbocycles. The van der Waals surface area contributed by atoms with Crippen molar-refractivity contribution in [2.75, 3.05) is 19.6 Å². The van der Waals surface area contributed by atoms with Crippen molar-refractivity contribution in [1.29, 1.82) is 0 Å². The Kier molecular flexibility index (Phi) is 8.70. The van der Waals surface area contributed by atoms with Gasteiger partial charge in [0.15, 0.2) is 0 Å². The number of nitrogens with zero attached hydrogens (tertiary/aromatic N) is 1. The van der Waals surface area contributed by atoms with E-state index in [-0.39, 0.29) is 29.5 Å². The normalized spacial score (nSPS) is 16.8. The van der Waals surface area contributed by atoms with Crippen LogP contribution in [0.3, 0.4) is 0 Å². The maximum Gasteiger partial charge on any atom is 0.404 e. The van der Waals surface area contributed by atoms with Crippen LogP contribution in [0.15, 0.2) is 97.1 Å². The monoisotopic (exact) mass is 555 g/mol. The molecule has 6 nitrogen and oxygen atoms in total. The van der Waals surface area contributed by atoms with Crippen LogP contribution < -0.4 is 10.6 Å². The van der Waals surface area contributed by atoms with Crippen LogP contribution in [0.4, 0.5) is 13.6 Å². The molecule has 0 aliphatic carbocycles. The lowest BCUT2D eigenvalue weighted by atomic mass is 9.95. The van der Waals surface area contributed by atoms with Crippen LogP contribution in [0.2, 0.25) is 0 Å². The highest BCUT2D eigenvalue weighted by molar-refractivity contribution is 5.97. The first-order valence-corrected chi connectivity index (χ1v) is 13.5. The van der Waals surface area contributed by atoms with Gasteiger partial charge in [-0.2, -0.15) is 0 Å². The third-order valence-electron chi connectivity index (χ3n) is 7.43. The lowest BCUT2D eigenvalue weighted by Gasteiger charge is -2.25. The van der Waals surface area contributed by atoms with Crippen molar-refractivity contribution in [3.8, 4) is 22.3 Å². The van der Waals surface area contributed by atoms with Gasteiger partial charge in [0.2, 0.25) is 0 Å². The first-order chi connectivity index (χ1) is 19.8. The average Bonchev–Trinajstić information content (AvgIpc) is 3.37. The zero-order valence-electron chi connectivity index (χ0n) is 22.4. The lowest BCUT2D eigenvalue weighted by molar-refractivity contribution is 0.0939. The lowest BCUT2D eigenvalue weighted by Crippen LogP contribution is -2.39. The van der Waals surface area contributed by atoms with Gasteiger partial charge in [0.1, 0.15) is 11.6 Å². The summed E-state index contributed by atoms with van der Waals surface area (Å²) in [5, 5.41) is 14.6. The molecular weight excluding hydrogens is 524 g/mol. The van der Waals surface area contributed by atoms with Crippen molar-refractivity contribution in [2.45, 2.75) is 19.0 Å². The predicted molar refractivity (Wildman–Crippen MR) is 154 cm³/mol. The number of halogens is 2. The van der Waals surface area contributed by atoms with Gasteiger partial charge in [0.05, 0.1) is 0 Å². The van der Waals surface area contributed by atoms with Gasteiger partial charge in [-0.05, 0) is 82.6 Å². The highest BCUT2D eigenvalue weighted by atomic mass is 19.1. The van der Waals surface area contributed by atoms with Crippen LogP contribution in [0, 0.1) is 17.6 Å². The molecule has 2 atom stereocenters. The van der Waals surface area contributed by atoms with Gasteiger partial charge in [-0.3, -0.25) is 9.69 Å². The summed E-state index contributed by atoms with van der Waals surface area (Å²) >= 11 is 0. The Hall–Kier alpha value is -4.56. The summed E-state index contributed by atoms with van der Waals surface area (Å²) in [6.07, 6.45) is -0.307. The van der Waals surface area contributed by atoms with E-state index in [2.05, 4.69) is 27.7 Å². The molecule has 1 aliphatic rings. The van der Waals surface area contributed by atoms with Crippen molar-refractivity contribution >= 4 is 12.0 Å². The van der Waals surface area contributed by atoms with E-state index in [4.69, 9.17) is 5.11 Å². The maximum absolute atomic E-state index is 13.6. The second-order valence-corrected chi connectivity index (χ2v) is 10.4. The van der Waals surface area contributed by atoms with Gasteiger partial charge in [-0.15, -0.1) is 0 Å². The minimum absolute atomic E-state index is 0.0246. The van der Waals surface area contributed by atoms with Gasteiger partial charge in [-0.1, -0.05) is 54.6 Å². The van der Waals surface area contributed by atoms with Crippen LogP contribution in [-0.2, 0) is 6.54 Å². The first kappa shape index (κ1) is 28.0. The van der Waals surface area contributed by atoms with Crippen molar-refractivity contribution in [3.63, 3.8) is 0 Å². The number of hydrogen-bond acceptors (Lipinski definition) is 3. The highest BCUT2D eigenvalue weighted by Gasteiger charge is 2.32. The number of amides is 2. The molecule has 4 aromatic rings. The number of carbonyl (C=O) groups excluding carboxylic acids is 1. The number of benzene rings is 4. The van der Waals surface area contributed by atoms with Gasteiger partial charge >= 0.3 is 6.09 Å². The van der Waals surface area contributed by atoms with Gasteiger partial charge in [0, 0.05) is 37.8 Å². The molecule has 1 heterocycles. The summed E-state index contributed by atoms with van der Waals surface area (Å²) in [6.45, 7) is 2.15. The Morgan fingerprint density at radius 2 is 1.34 bits per heavy atom. The summed E-state index contributed by atoms with van der Waals surface area (Å²) in [5.41, 5.74) is 4.56. The molecule has 1 saturated heterocycles. The Balaban J connectivity index is 1.36. The standard InChI is InChI=1S/C33H31F2N3O3/c34-29-10-6-24(7-11-29)26-15-27(25-8-12-30(35)13-9-25)17-28(16-26)32(39)36-19-31-14-23(18-37-33(40)41)21-38(31)20-22-4-2-1-3-5-22/h1-13,15-17,23,31,37H,14,18-21H2,(H,36,39)(H,40,41)/t23-,31-/m0/s1. The van der Waals surface area contributed by atoms with Crippen LogP contribution in [-0.4, -0.2) is 47.7 Å². The van der Waals surface area contributed by atoms with Crippen molar-refractivity contribution in [1.82, 2.24) is 15.5 Å². The number of likely N-dealkylation sites (tertiary alicyclic amines) is 1. The maximum atomic E-state index is 13.6. The molecule has 210 valence electrons. The minimum Gasteiger partial charge on any atom is -0.465 e. The van der Waals surface area contributed by atoms with E-state index in [0.717, 1.165) is 34.2 Å². The molecule has 2 amide bonds. The minimum atomic E-state index is -1.05. The molecule has 0 radical (unpaired) electrons. The highest BCUT2D eigenvalue weighted by Crippen LogP contribution is 2.29. The van der Waals surface area contributed by atoms with Crippen LogP contribution in [0.5, 0.6) is 0 Å². The Bertz CT molecular complexity index is 1430. The van der Waals surface area contributed by atoms with Gasteiger partial charge in [-0.25, -0.2) is 13.6 Å². The number of carboxylic acid groups (broad SMARTS) is 1. The summed E-state index contributed by atoms with van der Waals surface area (Å²) < 4.78 is 27.2. The summed E-state index contributed by atoms with van der Waals surface area (Å²) in [6, 6.07) is 27.6. The molecule has 3 N–H and O–H groups in total. The molecule has 0 saturated carbocycles. The largest absolute Gasteiger partial charge is 0.465 e. The Morgan fingerprint density at radius 1 is 0.756 bits per heavy atom. The number of rotatable bonds is 9. The molecular formula is C33H31F2N3O3. The molecule has 8 heteroatoms. The Morgan fingerprint density at radius 3 is 1.90 bits per heavy atom. The van der Waals surface area contributed by atoms with E-state index in [0.29, 0.717) is 31.7 Å². The average molecular weight is 556 g/mol. The quantitative estimate of drug-likeness (QED) is 0.230. The van der Waals surface area contributed by atoms with Crippen LogP contribution >= 0.6 is 0 Å². The van der Waals surface area contributed by atoms with Crippen molar-refractivity contribution < 1.29 is 23.5 Å². The number of carbonyl (C=O) groups is 2. The second kappa shape index (κ2) is 12.7. The second-order valence-electron chi connectivity index (χ2n) is 10.4. The molecule has 0 aromatic heterocycles. The molecule has 1 fully saturated rings. The molecule has 0 bridgehead atoms.